The summed E-state index contributed by atoms with van der Waals surface area (Å²) in [7, 11) is 1.28. The molecule has 1 rings (SSSR count). The molecule has 7 nitrogen and oxygen atoms in total. The summed E-state index contributed by atoms with van der Waals surface area (Å²) >= 11 is 0. The summed E-state index contributed by atoms with van der Waals surface area (Å²) in [5.74, 6) is -1.83. The van der Waals surface area contributed by atoms with Crippen LogP contribution in [0.3, 0.4) is 0 Å². The SMILES string of the molecule is CCCC[C@H](CC(=O)OC)C(=O)N1C[C@H](O)C[C@H]1C(=O)OC(C)(C)C. The summed E-state index contributed by atoms with van der Waals surface area (Å²) < 4.78 is 10.1. The van der Waals surface area contributed by atoms with E-state index in [1.807, 2.05) is 6.92 Å². The number of β-amino-alcohol motifs (C(OH)–C–C–N with tert-alkyl or cyclic N) is 1. The van der Waals surface area contributed by atoms with Crippen LogP contribution in [-0.4, -0.2) is 59.3 Å². The molecule has 25 heavy (non-hydrogen) atoms. The Morgan fingerprint density at radius 2 is 1.92 bits per heavy atom. The van der Waals surface area contributed by atoms with Crippen molar-refractivity contribution in [2.75, 3.05) is 13.7 Å². The van der Waals surface area contributed by atoms with Crippen molar-refractivity contribution in [1.29, 1.82) is 0 Å². The molecular formula is C18H31NO6. The molecule has 1 aliphatic heterocycles. The molecule has 144 valence electrons. The topological polar surface area (TPSA) is 93.1 Å². The molecule has 0 spiro atoms. The molecule has 0 aliphatic carbocycles. The third-order valence-corrected chi connectivity index (χ3v) is 4.14. The number of esters is 2. The number of nitrogens with zero attached hydrogens (tertiary/aromatic N) is 1. The maximum Gasteiger partial charge on any atom is 0.329 e. The van der Waals surface area contributed by atoms with E-state index in [0.717, 1.165) is 12.8 Å². The number of ether oxygens (including phenoxy) is 2. The highest BCUT2D eigenvalue weighted by Gasteiger charge is 2.43. The molecule has 0 aromatic rings. The minimum absolute atomic E-state index is 0.0248. The van der Waals surface area contributed by atoms with E-state index < -0.39 is 35.6 Å². The first-order valence-corrected chi connectivity index (χ1v) is 8.87. The van der Waals surface area contributed by atoms with Crippen LogP contribution in [0.4, 0.5) is 0 Å². The van der Waals surface area contributed by atoms with E-state index in [0.29, 0.717) is 6.42 Å². The number of hydrogen-bond donors (Lipinski definition) is 1. The summed E-state index contributed by atoms with van der Waals surface area (Å²) in [6.07, 6.45) is 1.58. The molecule has 1 fully saturated rings. The van der Waals surface area contributed by atoms with Gasteiger partial charge < -0.3 is 19.5 Å². The van der Waals surface area contributed by atoms with Crippen LogP contribution in [0.5, 0.6) is 0 Å². The molecule has 1 saturated heterocycles. The van der Waals surface area contributed by atoms with Crippen molar-refractivity contribution < 1.29 is 29.0 Å². The highest BCUT2D eigenvalue weighted by Crippen LogP contribution is 2.26. The summed E-state index contributed by atoms with van der Waals surface area (Å²) in [5, 5.41) is 9.96. The van der Waals surface area contributed by atoms with Gasteiger partial charge in [-0.2, -0.15) is 0 Å². The Bertz CT molecular complexity index is 484. The Hall–Kier alpha value is -1.63. The monoisotopic (exact) mass is 357 g/mol. The number of carbonyl (C=O) groups excluding carboxylic acids is 3. The minimum atomic E-state index is -0.816. The molecule has 7 heteroatoms. The van der Waals surface area contributed by atoms with Gasteiger partial charge in [0, 0.05) is 18.9 Å². The summed E-state index contributed by atoms with van der Waals surface area (Å²) in [4.78, 5) is 38.3. The average molecular weight is 357 g/mol. The number of unbranched alkanes of at least 4 members (excludes halogenated alkanes) is 1. The molecular weight excluding hydrogens is 326 g/mol. The quantitative estimate of drug-likeness (QED) is 0.697. The zero-order valence-corrected chi connectivity index (χ0v) is 15.9. The number of likely N-dealkylation sites (tertiary alicyclic amines) is 1. The molecule has 0 aromatic carbocycles. The fourth-order valence-electron chi connectivity index (χ4n) is 2.93. The average Bonchev–Trinajstić information content (AvgIpc) is 2.90. The van der Waals surface area contributed by atoms with E-state index in [2.05, 4.69) is 4.74 Å². The highest BCUT2D eigenvalue weighted by atomic mass is 16.6. The van der Waals surface area contributed by atoms with Crippen LogP contribution >= 0.6 is 0 Å². The zero-order valence-electron chi connectivity index (χ0n) is 15.9. The third-order valence-electron chi connectivity index (χ3n) is 4.14. The van der Waals surface area contributed by atoms with E-state index >= 15 is 0 Å². The number of aliphatic hydroxyl groups excluding tert-OH is 1. The molecule has 0 aromatic heterocycles. The molecule has 0 bridgehead atoms. The standard InChI is InChI=1S/C18H31NO6/c1-6-7-8-12(9-15(21)24-5)16(22)19-11-13(20)10-14(19)17(23)25-18(2,3)4/h12-14,20H,6-11H2,1-5H3/t12-,13-,14+/m1/s1. The van der Waals surface area contributed by atoms with Gasteiger partial charge in [0.05, 0.1) is 19.6 Å². The van der Waals surface area contributed by atoms with Crippen LogP contribution < -0.4 is 0 Å². The van der Waals surface area contributed by atoms with Crippen LogP contribution in [0.15, 0.2) is 0 Å². The van der Waals surface area contributed by atoms with Crippen LogP contribution in [0.1, 0.15) is 59.8 Å². The van der Waals surface area contributed by atoms with Gasteiger partial charge in [-0.05, 0) is 27.2 Å². The number of methoxy groups -OCH3 is 1. The molecule has 0 radical (unpaired) electrons. The van der Waals surface area contributed by atoms with E-state index in [1.165, 1.54) is 12.0 Å². The lowest BCUT2D eigenvalue weighted by Gasteiger charge is -2.29. The van der Waals surface area contributed by atoms with Gasteiger partial charge in [-0.25, -0.2) is 4.79 Å². The van der Waals surface area contributed by atoms with E-state index in [4.69, 9.17) is 4.74 Å². The van der Waals surface area contributed by atoms with Crippen molar-refractivity contribution in [2.45, 2.75) is 77.5 Å². The van der Waals surface area contributed by atoms with Crippen molar-refractivity contribution in [3.8, 4) is 0 Å². The number of aliphatic hydroxyl groups is 1. The lowest BCUT2D eigenvalue weighted by atomic mass is 9.96. The van der Waals surface area contributed by atoms with Gasteiger partial charge in [-0.3, -0.25) is 9.59 Å². The second-order valence-corrected chi connectivity index (χ2v) is 7.55. The predicted octanol–water partition coefficient (Wildman–Crippen LogP) is 1.66. The first-order chi connectivity index (χ1) is 11.6. The minimum Gasteiger partial charge on any atom is -0.469 e. The Balaban J connectivity index is 2.91. The van der Waals surface area contributed by atoms with Gasteiger partial charge in [0.2, 0.25) is 5.91 Å². The molecule has 1 N–H and O–H groups in total. The van der Waals surface area contributed by atoms with Gasteiger partial charge in [-0.15, -0.1) is 0 Å². The van der Waals surface area contributed by atoms with Gasteiger partial charge in [0.15, 0.2) is 0 Å². The Kier molecular flexibility index (Phi) is 7.86. The molecule has 0 saturated carbocycles. The summed E-state index contributed by atoms with van der Waals surface area (Å²) in [6, 6.07) is -0.816. The number of carbonyl (C=O) groups is 3. The van der Waals surface area contributed by atoms with Crippen molar-refractivity contribution >= 4 is 17.8 Å². The fourth-order valence-corrected chi connectivity index (χ4v) is 2.93. The molecule has 3 atom stereocenters. The van der Waals surface area contributed by atoms with E-state index in [9.17, 15) is 19.5 Å². The van der Waals surface area contributed by atoms with Gasteiger partial charge in [0.25, 0.3) is 0 Å². The number of rotatable bonds is 7. The van der Waals surface area contributed by atoms with Crippen LogP contribution in [0.25, 0.3) is 0 Å². The van der Waals surface area contributed by atoms with Crippen LogP contribution in [-0.2, 0) is 23.9 Å². The lowest BCUT2D eigenvalue weighted by molar-refractivity contribution is -0.164. The van der Waals surface area contributed by atoms with E-state index in [-0.39, 0.29) is 25.3 Å². The van der Waals surface area contributed by atoms with Gasteiger partial charge in [-0.1, -0.05) is 19.8 Å². The van der Waals surface area contributed by atoms with Crippen molar-refractivity contribution in [3.05, 3.63) is 0 Å². The highest BCUT2D eigenvalue weighted by molar-refractivity contribution is 5.89. The Labute approximate surface area is 149 Å². The van der Waals surface area contributed by atoms with Crippen molar-refractivity contribution in [3.63, 3.8) is 0 Å². The van der Waals surface area contributed by atoms with Crippen molar-refractivity contribution in [1.82, 2.24) is 4.90 Å². The first-order valence-electron chi connectivity index (χ1n) is 8.87. The molecule has 1 heterocycles. The van der Waals surface area contributed by atoms with Gasteiger partial charge >= 0.3 is 11.9 Å². The Morgan fingerprint density at radius 3 is 2.44 bits per heavy atom. The van der Waals surface area contributed by atoms with Crippen molar-refractivity contribution in [2.24, 2.45) is 5.92 Å². The van der Waals surface area contributed by atoms with Crippen LogP contribution in [0.2, 0.25) is 0 Å². The van der Waals surface area contributed by atoms with E-state index in [1.54, 1.807) is 20.8 Å². The normalized spacial score (nSPS) is 21.8. The zero-order chi connectivity index (χ0) is 19.2. The second-order valence-electron chi connectivity index (χ2n) is 7.55. The Morgan fingerprint density at radius 1 is 1.28 bits per heavy atom. The largest absolute Gasteiger partial charge is 0.469 e. The molecule has 1 aliphatic rings. The maximum atomic E-state index is 12.9. The summed E-state index contributed by atoms with van der Waals surface area (Å²) in [5.41, 5.74) is -0.674. The lowest BCUT2D eigenvalue weighted by Crippen LogP contribution is -2.46. The fraction of sp³-hybridized carbons (Fsp3) is 0.833. The first kappa shape index (κ1) is 21.4. The second kappa shape index (κ2) is 9.17. The summed E-state index contributed by atoms with van der Waals surface area (Å²) in [6.45, 7) is 7.34. The third kappa shape index (κ3) is 6.65. The smallest absolute Gasteiger partial charge is 0.329 e. The van der Waals surface area contributed by atoms with Crippen LogP contribution in [0, 0.1) is 5.92 Å². The predicted molar refractivity (Wildman–Crippen MR) is 91.6 cm³/mol. The van der Waals surface area contributed by atoms with Gasteiger partial charge in [0.1, 0.15) is 11.6 Å². The molecule has 0 unspecified atom stereocenters. The molecule has 1 amide bonds. The maximum absolute atomic E-state index is 12.9. The number of hydrogen-bond acceptors (Lipinski definition) is 6. The number of amides is 1.